The monoisotopic (exact) mass is 288 g/mol. The van der Waals surface area contributed by atoms with E-state index in [1.165, 1.54) is 0 Å². The van der Waals surface area contributed by atoms with E-state index in [4.69, 9.17) is 9.47 Å². The number of ketones is 2. The van der Waals surface area contributed by atoms with Crippen LogP contribution in [0.4, 0.5) is 0 Å². The molecule has 0 aromatic heterocycles. The number of hydrogen-bond donors (Lipinski definition) is 2. The number of rotatable bonds is 6. The topological polar surface area (TPSA) is 93.1 Å². The summed E-state index contributed by atoms with van der Waals surface area (Å²) in [5, 5.41) is 19.1. The summed E-state index contributed by atoms with van der Waals surface area (Å²) in [7, 11) is 0. The zero-order valence-electron chi connectivity index (χ0n) is 10.8. The van der Waals surface area contributed by atoms with Gasteiger partial charge in [-0.3, -0.25) is 9.59 Å². The highest BCUT2D eigenvalue weighted by Crippen LogP contribution is 2.38. The predicted molar refractivity (Wildman–Crippen MR) is 69.4 cm³/mol. The molecule has 0 atom stereocenters. The molecular formula is C12H16O6S. The molecule has 1 heterocycles. The SMILES string of the molecule is CCCO/C(O)=C1/S/C(=C(\O)OCCC)C(=O)C1=O. The molecule has 1 aliphatic rings. The summed E-state index contributed by atoms with van der Waals surface area (Å²) >= 11 is 0.654. The second-order valence-corrected chi connectivity index (χ2v) is 4.75. The molecule has 106 valence electrons. The van der Waals surface area contributed by atoms with Crippen molar-refractivity contribution in [1.82, 2.24) is 0 Å². The van der Waals surface area contributed by atoms with Crippen molar-refractivity contribution in [2.45, 2.75) is 26.7 Å². The van der Waals surface area contributed by atoms with E-state index in [0.717, 1.165) is 0 Å². The summed E-state index contributed by atoms with van der Waals surface area (Å²) < 4.78 is 9.80. The van der Waals surface area contributed by atoms with Gasteiger partial charge >= 0.3 is 0 Å². The van der Waals surface area contributed by atoms with Gasteiger partial charge in [-0.25, -0.2) is 0 Å². The Bertz CT molecular complexity index is 398. The molecule has 0 unspecified atom stereocenters. The Balaban J connectivity index is 2.93. The fourth-order valence-electron chi connectivity index (χ4n) is 1.21. The first-order valence-corrected chi connectivity index (χ1v) is 6.73. The predicted octanol–water partition coefficient (Wildman–Crippen LogP) is 2.18. The van der Waals surface area contributed by atoms with Gasteiger partial charge in [0.2, 0.25) is 11.6 Å². The minimum atomic E-state index is -0.903. The van der Waals surface area contributed by atoms with E-state index in [1.807, 2.05) is 13.8 Å². The number of thioether (sulfide) groups is 1. The molecule has 0 aliphatic carbocycles. The maximum absolute atomic E-state index is 11.6. The van der Waals surface area contributed by atoms with E-state index in [9.17, 15) is 19.8 Å². The Kier molecular flexibility index (Phi) is 5.75. The summed E-state index contributed by atoms with van der Waals surface area (Å²) in [6.45, 7) is 4.13. The Morgan fingerprint density at radius 1 is 0.947 bits per heavy atom. The van der Waals surface area contributed by atoms with Crippen molar-refractivity contribution >= 4 is 23.3 Å². The highest BCUT2D eigenvalue weighted by Gasteiger charge is 2.40. The summed E-state index contributed by atoms with van der Waals surface area (Å²) in [4.78, 5) is 22.8. The normalized spacial score (nSPS) is 20.5. The molecule has 19 heavy (non-hydrogen) atoms. The van der Waals surface area contributed by atoms with E-state index in [0.29, 0.717) is 24.6 Å². The molecule has 1 rings (SSSR count). The van der Waals surface area contributed by atoms with E-state index in [2.05, 4.69) is 0 Å². The van der Waals surface area contributed by atoms with Gasteiger partial charge in [0.1, 0.15) is 9.81 Å². The highest BCUT2D eigenvalue weighted by atomic mass is 32.2. The van der Waals surface area contributed by atoms with Gasteiger partial charge in [-0.2, -0.15) is 0 Å². The van der Waals surface area contributed by atoms with Gasteiger partial charge in [0, 0.05) is 0 Å². The van der Waals surface area contributed by atoms with Crippen molar-refractivity contribution in [3.05, 3.63) is 21.7 Å². The molecule has 0 aromatic carbocycles. The van der Waals surface area contributed by atoms with E-state index >= 15 is 0 Å². The molecule has 1 aliphatic heterocycles. The van der Waals surface area contributed by atoms with Crippen molar-refractivity contribution in [3.8, 4) is 0 Å². The Morgan fingerprint density at radius 3 is 1.63 bits per heavy atom. The molecule has 0 amide bonds. The van der Waals surface area contributed by atoms with Crippen LogP contribution in [0.2, 0.25) is 0 Å². The van der Waals surface area contributed by atoms with Crippen molar-refractivity contribution in [2.75, 3.05) is 13.2 Å². The number of hydrogen-bond acceptors (Lipinski definition) is 7. The van der Waals surface area contributed by atoms with Gasteiger partial charge in [-0.1, -0.05) is 25.6 Å². The van der Waals surface area contributed by atoms with Crippen LogP contribution >= 0.6 is 11.8 Å². The summed E-state index contributed by atoms with van der Waals surface area (Å²) in [6.07, 6.45) is 1.30. The highest BCUT2D eigenvalue weighted by molar-refractivity contribution is 8.10. The van der Waals surface area contributed by atoms with Gasteiger partial charge < -0.3 is 19.7 Å². The number of aliphatic hydroxyl groups is 2. The molecule has 0 radical (unpaired) electrons. The van der Waals surface area contributed by atoms with Crippen molar-refractivity contribution in [2.24, 2.45) is 0 Å². The van der Waals surface area contributed by atoms with E-state index < -0.39 is 23.5 Å². The standard InChI is InChI=1S/C12H16O6S/c1-3-5-17-11(15)9-7(13)8(14)10(19-9)12(16)18-6-4-2/h15-16H,3-6H2,1-2H3/b11-9+,12-10+. The van der Waals surface area contributed by atoms with Crippen LogP contribution in [-0.4, -0.2) is 35.0 Å². The van der Waals surface area contributed by atoms with Crippen LogP contribution in [0.3, 0.4) is 0 Å². The number of allylic oxidation sites excluding steroid dienone is 2. The second-order valence-electron chi connectivity index (χ2n) is 3.73. The Morgan fingerprint density at radius 2 is 1.32 bits per heavy atom. The quantitative estimate of drug-likeness (QED) is 0.439. The first kappa shape index (κ1) is 15.4. The maximum atomic E-state index is 11.6. The molecule has 1 fully saturated rings. The van der Waals surface area contributed by atoms with Crippen molar-refractivity contribution in [1.29, 1.82) is 0 Å². The fourth-order valence-corrected chi connectivity index (χ4v) is 2.08. The zero-order chi connectivity index (χ0) is 14.4. The van der Waals surface area contributed by atoms with Crippen LogP contribution in [0, 0.1) is 0 Å². The average Bonchev–Trinajstić information content (AvgIpc) is 2.70. The summed E-state index contributed by atoms with van der Waals surface area (Å²) in [6, 6.07) is 0. The van der Waals surface area contributed by atoms with Gasteiger partial charge in [0.25, 0.3) is 11.9 Å². The molecule has 0 bridgehead atoms. The Hall–Kier alpha value is -1.63. The average molecular weight is 288 g/mol. The number of ether oxygens (including phenoxy) is 2. The van der Waals surface area contributed by atoms with Gasteiger partial charge in [-0.15, -0.1) is 0 Å². The molecule has 0 aromatic rings. The number of carbonyl (C=O) groups is 2. The van der Waals surface area contributed by atoms with Gasteiger partial charge in [0.05, 0.1) is 13.2 Å². The summed E-state index contributed by atoms with van der Waals surface area (Å²) in [5.41, 5.74) is 0. The van der Waals surface area contributed by atoms with Crippen LogP contribution < -0.4 is 0 Å². The van der Waals surface area contributed by atoms with Crippen molar-refractivity contribution < 1.29 is 29.3 Å². The molecule has 6 nitrogen and oxygen atoms in total. The zero-order valence-corrected chi connectivity index (χ0v) is 11.6. The minimum Gasteiger partial charge on any atom is -0.480 e. The lowest BCUT2D eigenvalue weighted by Gasteiger charge is -2.04. The first-order chi connectivity index (χ1) is 9.02. The Labute approximate surface area is 115 Å². The third kappa shape index (κ3) is 3.66. The lowest BCUT2D eigenvalue weighted by Crippen LogP contribution is -2.11. The van der Waals surface area contributed by atoms with Crippen LogP contribution in [0.25, 0.3) is 0 Å². The molecule has 1 saturated heterocycles. The maximum Gasteiger partial charge on any atom is 0.295 e. The van der Waals surface area contributed by atoms with Gasteiger partial charge in [0.15, 0.2) is 0 Å². The van der Waals surface area contributed by atoms with Crippen LogP contribution in [-0.2, 0) is 19.1 Å². The first-order valence-electron chi connectivity index (χ1n) is 5.91. The molecule has 2 N–H and O–H groups in total. The van der Waals surface area contributed by atoms with Crippen LogP contribution in [0.1, 0.15) is 26.7 Å². The number of carbonyl (C=O) groups excluding carboxylic acids is 2. The van der Waals surface area contributed by atoms with Crippen LogP contribution in [0.5, 0.6) is 0 Å². The van der Waals surface area contributed by atoms with Gasteiger partial charge in [-0.05, 0) is 12.8 Å². The molecular weight excluding hydrogens is 272 g/mol. The van der Waals surface area contributed by atoms with E-state index in [1.54, 1.807) is 0 Å². The number of Topliss-reactive ketones (excluding diaryl/α,β-unsaturated/α-hetero) is 2. The second kappa shape index (κ2) is 7.08. The molecule has 0 saturated carbocycles. The van der Waals surface area contributed by atoms with Crippen molar-refractivity contribution in [3.63, 3.8) is 0 Å². The lowest BCUT2D eigenvalue weighted by atomic mass is 10.2. The smallest absolute Gasteiger partial charge is 0.295 e. The third-order valence-corrected chi connectivity index (χ3v) is 3.23. The minimum absolute atomic E-state index is 0.222. The molecule has 7 heteroatoms. The number of aliphatic hydroxyl groups excluding tert-OH is 2. The molecule has 0 spiro atoms. The third-order valence-electron chi connectivity index (χ3n) is 2.10. The largest absolute Gasteiger partial charge is 0.480 e. The fraction of sp³-hybridized carbons (Fsp3) is 0.500. The van der Waals surface area contributed by atoms with E-state index in [-0.39, 0.29) is 23.0 Å². The van der Waals surface area contributed by atoms with Crippen LogP contribution in [0.15, 0.2) is 21.7 Å². The summed E-state index contributed by atoms with van der Waals surface area (Å²) in [5.74, 6) is -2.99. The lowest BCUT2D eigenvalue weighted by molar-refractivity contribution is -0.131.